The number of rotatable bonds is 8. The van der Waals surface area contributed by atoms with Crippen LogP contribution < -0.4 is 17.2 Å². The molecule has 0 atom stereocenters. The van der Waals surface area contributed by atoms with Crippen LogP contribution in [0.4, 0.5) is 4.79 Å². The van der Waals surface area contributed by atoms with Gasteiger partial charge in [-0.15, -0.1) is 0 Å². The molecular formula is C9H15N5O6. The first-order valence-electron chi connectivity index (χ1n) is 5.24. The Bertz CT molecular complexity index is 367. The van der Waals surface area contributed by atoms with Crippen molar-refractivity contribution in [1.29, 1.82) is 0 Å². The molecule has 0 bridgehead atoms. The highest BCUT2D eigenvalue weighted by Gasteiger charge is 2.26. The van der Waals surface area contributed by atoms with Crippen molar-refractivity contribution in [3.05, 3.63) is 0 Å². The summed E-state index contributed by atoms with van der Waals surface area (Å²) < 4.78 is 0. The maximum Gasteiger partial charge on any atom is 0.323 e. The molecule has 0 heterocycles. The molecule has 11 heteroatoms. The quantitative estimate of drug-likeness (QED) is 0.354. The normalized spacial score (nSPS) is 9.60. The Kier molecular flexibility index (Phi) is 6.48. The zero-order valence-corrected chi connectivity index (χ0v) is 10.4. The van der Waals surface area contributed by atoms with Crippen LogP contribution in [0.1, 0.15) is 0 Å². The molecule has 20 heavy (non-hydrogen) atoms. The molecule has 112 valence electrons. The Labute approximate surface area is 113 Å². The van der Waals surface area contributed by atoms with Crippen molar-refractivity contribution in [2.24, 2.45) is 17.2 Å². The lowest BCUT2D eigenvalue weighted by Crippen LogP contribution is -2.52. The zero-order valence-electron chi connectivity index (χ0n) is 10.4. The van der Waals surface area contributed by atoms with Crippen LogP contribution in [0.15, 0.2) is 0 Å². The molecule has 0 radical (unpaired) electrons. The van der Waals surface area contributed by atoms with Gasteiger partial charge in [-0.05, 0) is 0 Å². The predicted octanol–water partition coefficient (Wildman–Crippen LogP) is -3.75. The fraction of sp³-hybridized carbons (Fsp3) is 0.444. The molecule has 7 N–H and O–H groups in total. The van der Waals surface area contributed by atoms with E-state index in [1.807, 2.05) is 0 Å². The van der Waals surface area contributed by atoms with Gasteiger partial charge in [0.15, 0.2) is 0 Å². The molecule has 5 amide bonds. The highest BCUT2D eigenvalue weighted by atomic mass is 16.4. The number of amides is 5. The molecule has 0 fully saturated rings. The maximum atomic E-state index is 12.0. The molecule has 0 aliphatic heterocycles. The number of aliphatic carboxylic acids is 1. The lowest BCUT2D eigenvalue weighted by molar-refractivity contribution is -0.138. The van der Waals surface area contributed by atoms with E-state index < -0.39 is 55.9 Å². The third-order valence-corrected chi connectivity index (χ3v) is 1.91. The standard InChI is InChI=1S/C9H15N5O6/c10-5(15)1-13(2-6(11)16)9(20)14(3-7(12)17)4-8(18)19/h1-4H2,(H2,10,15)(H2,11,16)(H2,12,17)(H,18,19). The van der Waals surface area contributed by atoms with Gasteiger partial charge in [0.05, 0.1) is 0 Å². The Morgan fingerprint density at radius 2 is 1.00 bits per heavy atom. The van der Waals surface area contributed by atoms with Gasteiger partial charge in [0, 0.05) is 0 Å². The Hall–Kier alpha value is -2.85. The molecule has 0 aromatic heterocycles. The average molecular weight is 289 g/mol. The Morgan fingerprint density at radius 1 is 0.700 bits per heavy atom. The van der Waals surface area contributed by atoms with Crippen molar-refractivity contribution in [2.75, 3.05) is 26.2 Å². The minimum absolute atomic E-state index is 0.552. The van der Waals surface area contributed by atoms with E-state index >= 15 is 0 Å². The van der Waals surface area contributed by atoms with Gasteiger partial charge in [0.2, 0.25) is 17.7 Å². The lowest BCUT2D eigenvalue weighted by Gasteiger charge is -2.27. The minimum Gasteiger partial charge on any atom is -0.480 e. The van der Waals surface area contributed by atoms with E-state index in [1.54, 1.807) is 0 Å². The topological polar surface area (TPSA) is 190 Å². The van der Waals surface area contributed by atoms with Gasteiger partial charge in [-0.25, -0.2) is 4.79 Å². The van der Waals surface area contributed by atoms with E-state index in [0.29, 0.717) is 9.80 Å². The van der Waals surface area contributed by atoms with Crippen LogP contribution in [0.3, 0.4) is 0 Å². The van der Waals surface area contributed by atoms with Gasteiger partial charge >= 0.3 is 12.0 Å². The highest BCUT2D eigenvalue weighted by Crippen LogP contribution is 1.99. The molecule has 0 aliphatic rings. The summed E-state index contributed by atoms with van der Waals surface area (Å²) in [5.74, 6) is -4.24. The number of urea groups is 1. The number of nitrogens with two attached hydrogens (primary N) is 3. The van der Waals surface area contributed by atoms with Gasteiger partial charge in [-0.2, -0.15) is 0 Å². The monoisotopic (exact) mass is 289 g/mol. The summed E-state index contributed by atoms with van der Waals surface area (Å²) in [6.07, 6.45) is 0. The number of hydrogen-bond acceptors (Lipinski definition) is 5. The van der Waals surface area contributed by atoms with Gasteiger partial charge in [-0.3, -0.25) is 19.2 Å². The number of hydrogen-bond donors (Lipinski definition) is 4. The summed E-state index contributed by atoms with van der Waals surface area (Å²) in [4.78, 5) is 56.2. The number of carbonyl (C=O) groups is 5. The molecule has 0 rings (SSSR count). The van der Waals surface area contributed by atoms with Crippen molar-refractivity contribution in [1.82, 2.24) is 9.80 Å². The first-order chi connectivity index (χ1) is 9.13. The fourth-order valence-corrected chi connectivity index (χ4v) is 1.31. The number of nitrogens with zero attached hydrogens (tertiary/aromatic N) is 2. The van der Waals surface area contributed by atoms with Gasteiger partial charge < -0.3 is 32.1 Å². The third-order valence-electron chi connectivity index (χ3n) is 1.91. The predicted molar refractivity (Wildman–Crippen MR) is 63.8 cm³/mol. The van der Waals surface area contributed by atoms with Crippen LogP contribution in [-0.4, -0.2) is 70.8 Å². The summed E-state index contributed by atoms with van der Waals surface area (Å²) >= 11 is 0. The Morgan fingerprint density at radius 3 is 1.25 bits per heavy atom. The van der Waals surface area contributed by atoms with Crippen LogP contribution in [-0.2, 0) is 19.2 Å². The summed E-state index contributed by atoms with van der Waals surface area (Å²) in [5.41, 5.74) is 14.7. The number of carboxylic acid groups (broad SMARTS) is 1. The second-order valence-corrected chi connectivity index (χ2v) is 3.79. The molecule has 0 aromatic carbocycles. The number of carboxylic acids is 1. The zero-order chi connectivity index (χ0) is 15.9. The van der Waals surface area contributed by atoms with Crippen LogP contribution in [0, 0.1) is 0 Å². The van der Waals surface area contributed by atoms with Crippen LogP contribution >= 0.6 is 0 Å². The van der Waals surface area contributed by atoms with Crippen molar-refractivity contribution >= 4 is 29.7 Å². The SMILES string of the molecule is NC(=O)CN(CC(N)=O)C(=O)N(CC(N)=O)CC(=O)O. The molecule has 11 nitrogen and oxygen atoms in total. The van der Waals surface area contributed by atoms with Crippen molar-refractivity contribution in [2.45, 2.75) is 0 Å². The van der Waals surface area contributed by atoms with E-state index in [0.717, 1.165) is 0 Å². The van der Waals surface area contributed by atoms with Gasteiger partial charge in [0.1, 0.15) is 26.2 Å². The first-order valence-corrected chi connectivity index (χ1v) is 5.24. The molecular weight excluding hydrogens is 274 g/mol. The second-order valence-electron chi connectivity index (χ2n) is 3.79. The molecule has 0 unspecified atom stereocenters. The van der Waals surface area contributed by atoms with Crippen LogP contribution in [0.5, 0.6) is 0 Å². The summed E-state index contributed by atoms with van der Waals surface area (Å²) in [6, 6.07) is -1.07. The molecule has 0 saturated carbocycles. The number of carbonyl (C=O) groups excluding carboxylic acids is 4. The minimum atomic E-state index is -1.40. The summed E-state index contributed by atoms with van der Waals surface area (Å²) in [6.45, 7) is -2.84. The fourth-order valence-electron chi connectivity index (χ4n) is 1.31. The second kappa shape index (κ2) is 7.56. The average Bonchev–Trinajstić information content (AvgIpc) is 2.23. The Balaban J connectivity index is 5.09. The molecule has 0 saturated heterocycles. The summed E-state index contributed by atoms with van der Waals surface area (Å²) in [5, 5.41) is 8.64. The highest BCUT2D eigenvalue weighted by molar-refractivity contribution is 5.90. The van der Waals surface area contributed by atoms with Crippen LogP contribution in [0.2, 0.25) is 0 Å². The van der Waals surface area contributed by atoms with E-state index in [-0.39, 0.29) is 0 Å². The lowest BCUT2D eigenvalue weighted by atomic mass is 10.4. The van der Waals surface area contributed by atoms with Crippen molar-refractivity contribution in [3.63, 3.8) is 0 Å². The van der Waals surface area contributed by atoms with Gasteiger partial charge in [-0.1, -0.05) is 0 Å². The smallest absolute Gasteiger partial charge is 0.323 e. The molecule has 0 aromatic rings. The van der Waals surface area contributed by atoms with Crippen molar-refractivity contribution < 1.29 is 29.1 Å². The van der Waals surface area contributed by atoms with E-state index in [4.69, 9.17) is 22.3 Å². The van der Waals surface area contributed by atoms with E-state index in [9.17, 15) is 24.0 Å². The van der Waals surface area contributed by atoms with Crippen LogP contribution in [0.25, 0.3) is 0 Å². The van der Waals surface area contributed by atoms with Gasteiger partial charge in [0.25, 0.3) is 0 Å². The summed E-state index contributed by atoms with van der Waals surface area (Å²) in [7, 11) is 0. The maximum absolute atomic E-state index is 12.0. The largest absolute Gasteiger partial charge is 0.480 e. The number of primary amides is 3. The van der Waals surface area contributed by atoms with E-state index in [2.05, 4.69) is 0 Å². The molecule has 0 aliphatic carbocycles. The third kappa shape index (κ3) is 6.78. The van der Waals surface area contributed by atoms with E-state index in [1.165, 1.54) is 0 Å². The van der Waals surface area contributed by atoms with Crippen molar-refractivity contribution in [3.8, 4) is 0 Å². The molecule has 0 spiro atoms. The first kappa shape index (κ1) is 17.2.